The van der Waals surface area contributed by atoms with Crippen LogP contribution in [0.5, 0.6) is 0 Å². The average molecular weight is 433 g/mol. The van der Waals surface area contributed by atoms with E-state index in [0.29, 0.717) is 6.61 Å². The molecule has 0 aliphatic carbocycles. The van der Waals surface area contributed by atoms with Gasteiger partial charge in [0, 0.05) is 34.5 Å². The summed E-state index contributed by atoms with van der Waals surface area (Å²) >= 11 is 0. The lowest BCUT2D eigenvalue weighted by Gasteiger charge is -2.44. The van der Waals surface area contributed by atoms with Crippen LogP contribution in [0.3, 0.4) is 0 Å². The van der Waals surface area contributed by atoms with Gasteiger partial charge in [0.1, 0.15) is 18.8 Å². The number of hydrogen-bond donors (Lipinski definition) is 0. The van der Waals surface area contributed by atoms with Gasteiger partial charge in [-0.25, -0.2) is 0 Å². The second-order valence-electron chi connectivity index (χ2n) is 7.33. The van der Waals surface area contributed by atoms with Gasteiger partial charge in [0.25, 0.3) is 0 Å². The zero-order valence-corrected chi connectivity index (χ0v) is 18.7. The Hall–Kier alpha value is -1.71. The van der Waals surface area contributed by atoms with Crippen LogP contribution in [0.1, 0.15) is 66.2 Å². The molecule has 0 saturated carbocycles. The van der Waals surface area contributed by atoms with Crippen LogP contribution in [0.15, 0.2) is 0 Å². The molecule has 1 aliphatic rings. The summed E-state index contributed by atoms with van der Waals surface area (Å²) in [7, 11) is 1.38. The molecule has 9 heteroatoms. The quantitative estimate of drug-likeness (QED) is 0.246. The summed E-state index contributed by atoms with van der Waals surface area (Å²) < 4.78 is 33.0. The standard InChI is InChI=1S/C21H36O9/c1-6-7-8-9-10-11-12-26-18-17(13-27-14(2)22)30-21(25-5)20(29-16(4)24)19(18)28-15(3)23/h17-21H,6-13H2,1-5H3/t17-,18+,19+,20-,21+/m1/s1. The molecule has 0 amide bonds. The fourth-order valence-corrected chi connectivity index (χ4v) is 3.35. The number of ether oxygens (including phenoxy) is 6. The fourth-order valence-electron chi connectivity index (χ4n) is 3.35. The van der Waals surface area contributed by atoms with Crippen molar-refractivity contribution in [3.8, 4) is 0 Å². The second kappa shape index (κ2) is 14.3. The third-order valence-corrected chi connectivity index (χ3v) is 4.69. The van der Waals surface area contributed by atoms with E-state index in [1.54, 1.807) is 0 Å². The maximum absolute atomic E-state index is 11.7. The van der Waals surface area contributed by atoms with E-state index in [4.69, 9.17) is 28.4 Å². The minimum atomic E-state index is -1.01. The molecule has 0 aromatic carbocycles. The number of carbonyl (C=O) groups is 3. The Kier molecular flexibility index (Phi) is 12.6. The van der Waals surface area contributed by atoms with Crippen molar-refractivity contribution < 1.29 is 42.8 Å². The predicted octanol–water partition coefficient (Wildman–Crippen LogP) is 2.53. The van der Waals surface area contributed by atoms with Crippen LogP contribution < -0.4 is 0 Å². The van der Waals surface area contributed by atoms with E-state index in [-0.39, 0.29) is 6.61 Å². The second-order valence-corrected chi connectivity index (χ2v) is 7.33. The monoisotopic (exact) mass is 432 g/mol. The fraction of sp³-hybridized carbons (Fsp3) is 0.857. The van der Waals surface area contributed by atoms with Gasteiger partial charge in [-0.05, 0) is 6.42 Å². The van der Waals surface area contributed by atoms with Crippen LogP contribution in [0, 0.1) is 0 Å². The Bertz CT molecular complexity index is 537. The van der Waals surface area contributed by atoms with Gasteiger partial charge in [0.05, 0.1) is 0 Å². The molecule has 5 atom stereocenters. The van der Waals surface area contributed by atoms with Crippen LogP contribution in [-0.2, 0) is 42.8 Å². The van der Waals surface area contributed by atoms with Crippen molar-refractivity contribution in [2.45, 2.75) is 96.9 Å². The largest absolute Gasteiger partial charge is 0.463 e. The molecule has 0 aromatic rings. The lowest BCUT2D eigenvalue weighted by molar-refractivity contribution is -0.306. The number of esters is 3. The molecule has 0 aromatic heterocycles. The number of carbonyl (C=O) groups excluding carboxylic acids is 3. The maximum Gasteiger partial charge on any atom is 0.303 e. The normalized spacial score (nSPS) is 26.1. The minimum absolute atomic E-state index is 0.110. The van der Waals surface area contributed by atoms with Crippen molar-refractivity contribution in [2.75, 3.05) is 20.3 Å². The van der Waals surface area contributed by atoms with Gasteiger partial charge < -0.3 is 28.4 Å². The minimum Gasteiger partial charge on any atom is -0.463 e. The number of hydrogen-bond acceptors (Lipinski definition) is 9. The first kappa shape index (κ1) is 26.3. The molecule has 0 spiro atoms. The van der Waals surface area contributed by atoms with E-state index in [1.165, 1.54) is 47.1 Å². The van der Waals surface area contributed by atoms with Gasteiger partial charge in [-0.15, -0.1) is 0 Å². The first-order chi connectivity index (χ1) is 14.3. The smallest absolute Gasteiger partial charge is 0.303 e. The molecular formula is C21H36O9. The molecular weight excluding hydrogens is 396 g/mol. The number of rotatable bonds is 13. The highest BCUT2D eigenvalue weighted by atomic mass is 16.7. The van der Waals surface area contributed by atoms with Crippen LogP contribution in [0.2, 0.25) is 0 Å². The van der Waals surface area contributed by atoms with Crippen molar-refractivity contribution in [2.24, 2.45) is 0 Å². The van der Waals surface area contributed by atoms with Gasteiger partial charge >= 0.3 is 17.9 Å². The summed E-state index contributed by atoms with van der Waals surface area (Å²) in [5.41, 5.74) is 0. The highest BCUT2D eigenvalue weighted by Gasteiger charge is 2.51. The van der Waals surface area contributed by atoms with Crippen molar-refractivity contribution >= 4 is 17.9 Å². The molecule has 1 rings (SSSR count). The summed E-state index contributed by atoms with van der Waals surface area (Å²) in [6.45, 7) is 6.24. The Morgan fingerprint density at radius 1 is 0.800 bits per heavy atom. The molecule has 0 bridgehead atoms. The van der Waals surface area contributed by atoms with E-state index in [9.17, 15) is 14.4 Å². The van der Waals surface area contributed by atoms with Gasteiger partial charge in [-0.1, -0.05) is 39.0 Å². The highest BCUT2D eigenvalue weighted by Crippen LogP contribution is 2.29. The van der Waals surface area contributed by atoms with Crippen LogP contribution in [0.25, 0.3) is 0 Å². The molecule has 1 fully saturated rings. The van der Waals surface area contributed by atoms with Crippen LogP contribution in [0.4, 0.5) is 0 Å². The SMILES string of the molecule is CCCCCCCCO[C@@H]1[C@H](OC(C)=O)[C@@H](OC(C)=O)[C@@H](OC)O[C@@H]1COC(C)=O. The summed E-state index contributed by atoms with van der Waals surface area (Å²) in [4.78, 5) is 34.7. The zero-order chi connectivity index (χ0) is 22.5. The van der Waals surface area contributed by atoms with E-state index >= 15 is 0 Å². The summed E-state index contributed by atoms with van der Waals surface area (Å²) in [5.74, 6) is -1.61. The number of unbranched alkanes of at least 4 members (excludes halogenated alkanes) is 5. The summed E-state index contributed by atoms with van der Waals surface area (Å²) in [5, 5.41) is 0. The van der Waals surface area contributed by atoms with Crippen molar-refractivity contribution in [1.29, 1.82) is 0 Å². The van der Waals surface area contributed by atoms with E-state index in [2.05, 4.69) is 6.92 Å². The predicted molar refractivity (Wildman–Crippen MR) is 107 cm³/mol. The average Bonchev–Trinajstić information content (AvgIpc) is 2.67. The molecule has 174 valence electrons. The third-order valence-electron chi connectivity index (χ3n) is 4.69. The van der Waals surface area contributed by atoms with E-state index < -0.39 is 48.6 Å². The van der Waals surface area contributed by atoms with Crippen molar-refractivity contribution in [3.05, 3.63) is 0 Å². The Morgan fingerprint density at radius 3 is 1.97 bits per heavy atom. The molecule has 30 heavy (non-hydrogen) atoms. The molecule has 9 nitrogen and oxygen atoms in total. The molecule has 0 unspecified atom stereocenters. The van der Waals surface area contributed by atoms with Gasteiger partial charge in [0.2, 0.25) is 0 Å². The van der Waals surface area contributed by atoms with E-state index in [0.717, 1.165) is 19.3 Å². The molecule has 1 aliphatic heterocycles. The maximum atomic E-state index is 11.7. The molecule has 1 heterocycles. The van der Waals surface area contributed by atoms with Crippen molar-refractivity contribution in [3.63, 3.8) is 0 Å². The molecule has 0 radical (unpaired) electrons. The third kappa shape index (κ3) is 9.40. The Labute approximate surface area is 178 Å². The summed E-state index contributed by atoms with van der Waals surface area (Å²) in [6, 6.07) is 0. The lowest BCUT2D eigenvalue weighted by atomic mass is 9.98. The van der Waals surface area contributed by atoms with Gasteiger partial charge in [-0.2, -0.15) is 0 Å². The lowest BCUT2D eigenvalue weighted by Crippen LogP contribution is -2.62. The summed E-state index contributed by atoms with van der Waals surface area (Å²) in [6.07, 6.45) is 1.97. The van der Waals surface area contributed by atoms with E-state index in [1.807, 2.05) is 0 Å². The number of methoxy groups -OCH3 is 1. The first-order valence-electron chi connectivity index (χ1n) is 10.6. The Morgan fingerprint density at radius 2 is 1.40 bits per heavy atom. The van der Waals surface area contributed by atoms with Crippen LogP contribution >= 0.6 is 0 Å². The Balaban J connectivity index is 2.92. The zero-order valence-electron chi connectivity index (χ0n) is 18.7. The van der Waals surface area contributed by atoms with Gasteiger partial charge in [-0.3, -0.25) is 14.4 Å². The molecule has 0 N–H and O–H groups in total. The first-order valence-corrected chi connectivity index (χ1v) is 10.6. The van der Waals surface area contributed by atoms with Gasteiger partial charge in [0.15, 0.2) is 18.5 Å². The molecule has 1 saturated heterocycles. The van der Waals surface area contributed by atoms with Crippen molar-refractivity contribution in [1.82, 2.24) is 0 Å². The van der Waals surface area contributed by atoms with Crippen LogP contribution in [-0.4, -0.2) is 68.9 Å². The topological polar surface area (TPSA) is 107 Å². The highest BCUT2D eigenvalue weighted by molar-refractivity contribution is 5.67.